The number of carbonyl (C=O) groups excluding carboxylic acids is 2. The summed E-state index contributed by atoms with van der Waals surface area (Å²) in [6.07, 6.45) is 1.38. The number of nitrogens with zero attached hydrogens (tertiary/aromatic N) is 3. The normalized spacial score (nSPS) is 18.1. The minimum absolute atomic E-state index is 0.0877. The van der Waals surface area contributed by atoms with Crippen molar-refractivity contribution in [2.75, 3.05) is 37.6 Å². The maximum atomic E-state index is 13.4. The summed E-state index contributed by atoms with van der Waals surface area (Å²) < 4.78 is 40.1. The molecule has 158 valence electrons. The predicted octanol–water partition coefficient (Wildman–Crippen LogP) is 2.10. The molecule has 9 heteroatoms. The highest BCUT2D eigenvalue weighted by Crippen LogP contribution is 2.23. The Morgan fingerprint density at radius 2 is 1.63 bits per heavy atom. The van der Waals surface area contributed by atoms with E-state index in [1.165, 1.54) is 22.5 Å². The van der Waals surface area contributed by atoms with Gasteiger partial charge in [-0.05, 0) is 48.9 Å². The third-order valence-corrected chi connectivity index (χ3v) is 7.35. The number of amides is 2. The first-order valence-corrected chi connectivity index (χ1v) is 11.3. The molecular weight excluding hydrogens is 409 g/mol. The van der Waals surface area contributed by atoms with Gasteiger partial charge in [-0.25, -0.2) is 12.8 Å². The number of carbonyl (C=O) groups is 2. The lowest BCUT2D eigenvalue weighted by Gasteiger charge is -2.34. The first kappa shape index (κ1) is 20.5. The summed E-state index contributed by atoms with van der Waals surface area (Å²) in [7, 11) is -3.80. The lowest BCUT2D eigenvalue weighted by Crippen LogP contribution is -2.50. The average Bonchev–Trinajstić information content (AvgIpc) is 3.19. The molecule has 7 nitrogen and oxygen atoms in total. The number of halogens is 1. The lowest BCUT2D eigenvalue weighted by molar-refractivity contribution is -0.117. The number of rotatable bonds is 4. The van der Waals surface area contributed by atoms with Crippen LogP contribution in [0, 0.1) is 5.82 Å². The van der Waals surface area contributed by atoms with Crippen molar-refractivity contribution >= 4 is 27.5 Å². The molecular formula is C21H22FN3O4S. The van der Waals surface area contributed by atoms with Crippen molar-refractivity contribution in [3.05, 3.63) is 59.9 Å². The number of hydrogen-bond acceptors (Lipinski definition) is 4. The molecule has 0 bridgehead atoms. The molecule has 4 rings (SSSR count). The summed E-state index contributed by atoms with van der Waals surface area (Å²) in [5.74, 6) is -0.703. The topological polar surface area (TPSA) is 78.0 Å². The van der Waals surface area contributed by atoms with Gasteiger partial charge in [0.05, 0.1) is 4.90 Å². The van der Waals surface area contributed by atoms with Crippen LogP contribution in [0.2, 0.25) is 0 Å². The Hall–Kier alpha value is -2.78. The number of hydrogen-bond donors (Lipinski definition) is 0. The van der Waals surface area contributed by atoms with Crippen LogP contribution in [0.15, 0.2) is 53.4 Å². The zero-order valence-corrected chi connectivity index (χ0v) is 17.1. The average molecular weight is 431 g/mol. The van der Waals surface area contributed by atoms with Crippen LogP contribution in [-0.2, 0) is 14.8 Å². The second-order valence-corrected chi connectivity index (χ2v) is 9.29. The molecule has 0 aliphatic carbocycles. The van der Waals surface area contributed by atoms with E-state index in [4.69, 9.17) is 0 Å². The van der Waals surface area contributed by atoms with Gasteiger partial charge >= 0.3 is 0 Å². The molecule has 0 atom stereocenters. The number of benzene rings is 2. The molecule has 0 unspecified atom stereocenters. The van der Waals surface area contributed by atoms with Crippen LogP contribution in [0.4, 0.5) is 10.1 Å². The van der Waals surface area contributed by atoms with Gasteiger partial charge in [0.25, 0.3) is 5.91 Å². The smallest absolute Gasteiger partial charge is 0.253 e. The Balaban J connectivity index is 1.40. The molecule has 2 aliphatic heterocycles. The summed E-state index contributed by atoms with van der Waals surface area (Å²) in [6.45, 7) is 1.48. The number of sulfonamides is 1. The van der Waals surface area contributed by atoms with Gasteiger partial charge in [0.2, 0.25) is 15.9 Å². The van der Waals surface area contributed by atoms with Crippen molar-refractivity contribution in [3.63, 3.8) is 0 Å². The summed E-state index contributed by atoms with van der Waals surface area (Å²) in [5.41, 5.74) is 1.27. The van der Waals surface area contributed by atoms with Gasteiger partial charge in [-0.1, -0.05) is 6.07 Å². The molecule has 0 N–H and O–H groups in total. The zero-order chi connectivity index (χ0) is 21.3. The molecule has 2 aliphatic rings. The quantitative estimate of drug-likeness (QED) is 0.743. The van der Waals surface area contributed by atoms with Gasteiger partial charge in [0.1, 0.15) is 5.82 Å². The van der Waals surface area contributed by atoms with Crippen molar-refractivity contribution < 1.29 is 22.4 Å². The summed E-state index contributed by atoms with van der Waals surface area (Å²) >= 11 is 0. The van der Waals surface area contributed by atoms with E-state index in [0.29, 0.717) is 18.5 Å². The van der Waals surface area contributed by atoms with Gasteiger partial charge in [-0.15, -0.1) is 0 Å². The zero-order valence-electron chi connectivity index (χ0n) is 16.3. The van der Waals surface area contributed by atoms with Crippen LogP contribution in [0.5, 0.6) is 0 Å². The first-order chi connectivity index (χ1) is 14.4. The molecule has 2 heterocycles. The molecule has 2 aromatic carbocycles. The molecule has 2 amide bonds. The van der Waals surface area contributed by atoms with E-state index in [1.807, 2.05) is 0 Å². The van der Waals surface area contributed by atoms with E-state index >= 15 is 0 Å². The fourth-order valence-corrected chi connectivity index (χ4v) is 5.25. The SMILES string of the molecule is O=C(c1ccc(N2CCCC2=O)cc1)N1CCN(S(=O)(=O)c2cccc(F)c2)CC1. The van der Waals surface area contributed by atoms with Crippen LogP contribution in [0.1, 0.15) is 23.2 Å². The van der Waals surface area contributed by atoms with Gasteiger partial charge in [0, 0.05) is 50.4 Å². The number of piperazine rings is 1. The van der Waals surface area contributed by atoms with Crippen LogP contribution in [0.3, 0.4) is 0 Å². The van der Waals surface area contributed by atoms with Gasteiger partial charge < -0.3 is 9.80 Å². The highest BCUT2D eigenvalue weighted by Gasteiger charge is 2.31. The standard InChI is InChI=1S/C21H22FN3O4S/c22-17-3-1-4-19(15-17)30(28,29)24-13-11-23(12-14-24)21(27)16-6-8-18(9-7-16)25-10-2-5-20(25)26/h1,3-4,6-9,15H,2,5,10-14H2. The third-order valence-electron chi connectivity index (χ3n) is 5.46. The second-order valence-electron chi connectivity index (χ2n) is 7.35. The summed E-state index contributed by atoms with van der Waals surface area (Å²) in [5, 5.41) is 0. The van der Waals surface area contributed by atoms with E-state index in [1.54, 1.807) is 34.1 Å². The Labute approximate surface area is 174 Å². The summed E-state index contributed by atoms with van der Waals surface area (Å²) in [4.78, 5) is 27.9. The minimum Gasteiger partial charge on any atom is -0.336 e. The number of anilines is 1. The van der Waals surface area contributed by atoms with E-state index in [2.05, 4.69) is 0 Å². The maximum Gasteiger partial charge on any atom is 0.253 e. The van der Waals surface area contributed by atoms with E-state index in [9.17, 15) is 22.4 Å². The van der Waals surface area contributed by atoms with Crippen molar-refractivity contribution in [3.8, 4) is 0 Å². The fraction of sp³-hybridized carbons (Fsp3) is 0.333. The minimum atomic E-state index is -3.80. The van der Waals surface area contributed by atoms with Crippen LogP contribution in [0.25, 0.3) is 0 Å². The molecule has 2 saturated heterocycles. The van der Waals surface area contributed by atoms with Gasteiger partial charge in [-0.3, -0.25) is 9.59 Å². The Morgan fingerprint density at radius 3 is 2.23 bits per heavy atom. The Kier molecular flexibility index (Phi) is 5.57. The maximum absolute atomic E-state index is 13.4. The summed E-state index contributed by atoms with van der Waals surface area (Å²) in [6, 6.07) is 11.8. The largest absolute Gasteiger partial charge is 0.336 e. The van der Waals surface area contributed by atoms with E-state index in [0.717, 1.165) is 18.2 Å². The highest BCUT2D eigenvalue weighted by molar-refractivity contribution is 7.89. The predicted molar refractivity (Wildman–Crippen MR) is 109 cm³/mol. The lowest BCUT2D eigenvalue weighted by atomic mass is 10.1. The van der Waals surface area contributed by atoms with Gasteiger partial charge in [0.15, 0.2) is 0 Å². The molecule has 2 aromatic rings. The highest BCUT2D eigenvalue weighted by atomic mass is 32.2. The van der Waals surface area contributed by atoms with E-state index < -0.39 is 15.8 Å². The van der Waals surface area contributed by atoms with Crippen molar-refractivity contribution in [2.45, 2.75) is 17.7 Å². The van der Waals surface area contributed by atoms with Crippen LogP contribution in [-0.4, -0.2) is 62.2 Å². The Bertz CT molecular complexity index is 1060. The molecule has 0 aromatic heterocycles. The third kappa shape index (κ3) is 3.95. The molecule has 0 saturated carbocycles. The molecule has 30 heavy (non-hydrogen) atoms. The van der Waals surface area contributed by atoms with Crippen LogP contribution >= 0.6 is 0 Å². The van der Waals surface area contributed by atoms with Crippen LogP contribution < -0.4 is 4.90 Å². The molecule has 0 radical (unpaired) electrons. The van der Waals surface area contributed by atoms with E-state index in [-0.39, 0.29) is 42.9 Å². The van der Waals surface area contributed by atoms with Crippen molar-refractivity contribution in [2.24, 2.45) is 0 Å². The molecule has 0 spiro atoms. The first-order valence-electron chi connectivity index (χ1n) is 9.82. The monoisotopic (exact) mass is 431 g/mol. The molecule has 2 fully saturated rings. The fourth-order valence-electron chi connectivity index (χ4n) is 3.80. The van der Waals surface area contributed by atoms with Crippen molar-refractivity contribution in [1.82, 2.24) is 9.21 Å². The van der Waals surface area contributed by atoms with Crippen molar-refractivity contribution in [1.29, 1.82) is 0 Å². The Morgan fingerprint density at radius 1 is 0.933 bits per heavy atom. The van der Waals surface area contributed by atoms with Gasteiger partial charge in [-0.2, -0.15) is 4.31 Å². The second kappa shape index (κ2) is 8.16.